The molecule has 1 aliphatic rings. The van der Waals surface area contributed by atoms with Gasteiger partial charge in [-0.3, -0.25) is 9.78 Å². The number of carbonyl (C=O) groups is 1. The van der Waals surface area contributed by atoms with E-state index in [1.807, 2.05) is 36.4 Å². The molecule has 27 heavy (non-hydrogen) atoms. The van der Waals surface area contributed by atoms with E-state index in [9.17, 15) is 4.79 Å². The highest BCUT2D eigenvalue weighted by Gasteiger charge is 2.13. The summed E-state index contributed by atoms with van der Waals surface area (Å²) >= 11 is 0. The van der Waals surface area contributed by atoms with Crippen LogP contribution in [-0.2, 0) is 13.1 Å². The molecule has 0 spiro atoms. The monoisotopic (exact) mass is 362 g/mol. The zero-order valence-electron chi connectivity index (χ0n) is 14.5. The summed E-state index contributed by atoms with van der Waals surface area (Å²) in [5.41, 5.74) is 2.36. The van der Waals surface area contributed by atoms with E-state index in [-0.39, 0.29) is 12.7 Å². The van der Waals surface area contributed by atoms with Crippen LogP contribution in [0.25, 0.3) is 0 Å². The lowest BCUT2D eigenvalue weighted by Crippen LogP contribution is -2.23. The predicted octanol–water partition coefficient (Wildman–Crippen LogP) is 2.75. The van der Waals surface area contributed by atoms with Gasteiger partial charge in [0.25, 0.3) is 5.91 Å². The molecule has 3 heterocycles. The Labute approximate surface area is 156 Å². The van der Waals surface area contributed by atoms with E-state index in [4.69, 9.17) is 9.47 Å². The molecule has 2 aromatic heterocycles. The number of nitrogens with zero attached hydrogens (tertiary/aromatic N) is 2. The third kappa shape index (κ3) is 4.14. The molecule has 0 unspecified atom stereocenters. The fraction of sp³-hybridized carbons (Fsp3) is 0.150. The number of hydrogen-bond acceptors (Lipinski definition) is 6. The Hall–Kier alpha value is -3.61. The Morgan fingerprint density at radius 2 is 1.93 bits per heavy atom. The number of ether oxygens (including phenoxy) is 2. The average Bonchev–Trinajstić information content (AvgIpc) is 3.19. The summed E-state index contributed by atoms with van der Waals surface area (Å²) in [4.78, 5) is 20.7. The van der Waals surface area contributed by atoms with Crippen LogP contribution in [0.4, 0.5) is 5.82 Å². The van der Waals surface area contributed by atoms with Crippen LogP contribution < -0.4 is 20.1 Å². The average molecular weight is 362 g/mol. The maximum atomic E-state index is 12.2. The largest absolute Gasteiger partial charge is 0.454 e. The first-order chi connectivity index (χ1) is 13.3. The van der Waals surface area contributed by atoms with Crippen LogP contribution in [0.2, 0.25) is 0 Å². The fourth-order valence-electron chi connectivity index (χ4n) is 2.65. The first-order valence-corrected chi connectivity index (χ1v) is 8.54. The summed E-state index contributed by atoms with van der Waals surface area (Å²) in [7, 11) is 0. The fourth-order valence-corrected chi connectivity index (χ4v) is 2.65. The maximum absolute atomic E-state index is 12.2. The molecule has 0 atom stereocenters. The Kier molecular flexibility index (Phi) is 4.82. The first kappa shape index (κ1) is 16.8. The molecule has 7 heteroatoms. The number of carbonyl (C=O) groups excluding carboxylic acids is 1. The predicted molar refractivity (Wildman–Crippen MR) is 99.5 cm³/mol. The van der Waals surface area contributed by atoms with Gasteiger partial charge in [-0.1, -0.05) is 12.1 Å². The van der Waals surface area contributed by atoms with Gasteiger partial charge >= 0.3 is 0 Å². The Morgan fingerprint density at radius 1 is 1.00 bits per heavy atom. The molecule has 1 amide bonds. The number of nitrogens with one attached hydrogen (secondary N) is 2. The third-order valence-electron chi connectivity index (χ3n) is 4.09. The van der Waals surface area contributed by atoms with Gasteiger partial charge in [0.05, 0.1) is 17.8 Å². The summed E-state index contributed by atoms with van der Waals surface area (Å²) < 4.78 is 10.7. The van der Waals surface area contributed by atoms with Gasteiger partial charge in [0, 0.05) is 18.9 Å². The van der Waals surface area contributed by atoms with Gasteiger partial charge in [-0.05, 0) is 42.0 Å². The van der Waals surface area contributed by atoms with Crippen LogP contribution in [0, 0.1) is 0 Å². The van der Waals surface area contributed by atoms with Crippen molar-refractivity contribution in [2.45, 2.75) is 13.1 Å². The van der Waals surface area contributed by atoms with Gasteiger partial charge in [0.15, 0.2) is 11.5 Å². The van der Waals surface area contributed by atoms with Crippen molar-refractivity contribution < 1.29 is 14.3 Å². The molecule has 0 fully saturated rings. The number of amides is 1. The van der Waals surface area contributed by atoms with E-state index in [0.717, 1.165) is 22.8 Å². The maximum Gasteiger partial charge on any atom is 0.253 e. The Balaban J connectivity index is 1.31. The van der Waals surface area contributed by atoms with Gasteiger partial charge in [0.1, 0.15) is 5.82 Å². The van der Waals surface area contributed by atoms with Crippen molar-refractivity contribution in [3.8, 4) is 11.5 Å². The van der Waals surface area contributed by atoms with Gasteiger partial charge in [-0.15, -0.1) is 0 Å². The smallest absolute Gasteiger partial charge is 0.253 e. The molecule has 0 saturated heterocycles. The van der Waals surface area contributed by atoms with Crippen LogP contribution >= 0.6 is 0 Å². The molecule has 2 N–H and O–H groups in total. The van der Waals surface area contributed by atoms with Crippen LogP contribution in [0.15, 0.2) is 60.9 Å². The number of rotatable bonds is 6. The summed E-state index contributed by atoms with van der Waals surface area (Å²) in [5, 5.41) is 6.06. The van der Waals surface area contributed by atoms with Crippen LogP contribution in [-0.4, -0.2) is 22.7 Å². The second-order valence-corrected chi connectivity index (χ2v) is 5.98. The molecule has 4 rings (SSSR count). The molecule has 3 aromatic rings. The number of pyridine rings is 2. The number of hydrogen-bond donors (Lipinski definition) is 2. The lowest BCUT2D eigenvalue weighted by atomic mass is 10.2. The van der Waals surface area contributed by atoms with Crippen LogP contribution in [0.5, 0.6) is 11.5 Å². The zero-order valence-corrected chi connectivity index (χ0v) is 14.5. The lowest BCUT2D eigenvalue weighted by molar-refractivity contribution is 0.0950. The number of anilines is 1. The minimum Gasteiger partial charge on any atom is -0.454 e. The second-order valence-electron chi connectivity index (χ2n) is 5.98. The summed E-state index contributed by atoms with van der Waals surface area (Å²) in [6.45, 7) is 1.23. The third-order valence-corrected chi connectivity index (χ3v) is 4.09. The van der Waals surface area contributed by atoms with E-state index >= 15 is 0 Å². The summed E-state index contributed by atoms with van der Waals surface area (Å²) in [6.07, 6.45) is 3.25. The van der Waals surface area contributed by atoms with Gasteiger partial charge in [-0.2, -0.15) is 0 Å². The van der Waals surface area contributed by atoms with E-state index in [1.54, 1.807) is 24.5 Å². The highest BCUT2D eigenvalue weighted by Crippen LogP contribution is 2.32. The molecule has 1 aromatic carbocycles. The standard InChI is InChI=1S/C20H18N4O3/c25-20(24-12-16-3-1-2-8-21-16)15-5-7-19(23-11-15)22-10-14-4-6-17-18(9-14)27-13-26-17/h1-9,11H,10,12-13H2,(H,22,23)(H,24,25). The molecule has 0 aliphatic carbocycles. The highest BCUT2D eigenvalue weighted by atomic mass is 16.7. The second kappa shape index (κ2) is 7.74. The minimum absolute atomic E-state index is 0.185. The van der Waals surface area contributed by atoms with Crippen molar-refractivity contribution in [3.63, 3.8) is 0 Å². The molecular weight excluding hydrogens is 344 g/mol. The molecular formula is C20H18N4O3. The Bertz CT molecular complexity index is 930. The van der Waals surface area contributed by atoms with Gasteiger partial charge in [0.2, 0.25) is 6.79 Å². The number of fused-ring (bicyclic) bond motifs is 1. The quantitative estimate of drug-likeness (QED) is 0.701. The van der Waals surface area contributed by atoms with Crippen molar-refractivity contribution in [1.29, 1.82) is 0 Å². The topological polar surface area (TPSA) is 85.4 Å². The normalized spacial score (nSPS) is 11.9. The molecule has 7 nitrogen and oxygen atoms in total. The Morgan fingerprint density at radius 3 is 2.74 bits per heavy atom. The van der Waals surface area contributed by atoms with Crippen molar-refractivity contribution in [2.24, 2.45) is 0 Å². The van der Waals surface area contributed by atoms with E-state index in [0.29, 0.717) is 24.5 Å². The number of benzene rings is 1. The molecule has 1 aliphatic heterocycles. The molecule has 0 saturated carbocycles. The zero-order chi connectivity index (χ0) is 18.5. The van der Waals surface area contributed by atoms with Gasteiger partial charge in [-0.25, -0.2) is 4.98 Å². The highest BCUT2D eigenvalue weighted by molar-refractivity contribution is 5.93. The van der Waals surface area contributed by atoms with E-state index in [2.05, 4.69) is 20.6 Å². The van der Waals surface area contributed by atoms with Crippen molar-refractivity contribution >= 4 is 11.7 Å². The SMILES string of the molecule is O=C(NCc1ccccn1)c1ccc(NCc2ccc3c(c2)OCO3)nc1. The molecule has 0 radical (unpaired) electrons. The van der Waals surface area contributed by atoms with E-state index in [1.165, 1.54) is 0 Å². The van der Waals surface area contributed by atoms with Crippen molar-refractivity contribution in [3.05, 3.63) is 77.7 Å². The van der Waals surface area contributed by atoms with Crippen LogP contribution in [0.1, 0.15) is 21.6 Å². The van der Waals surface area contributed by atoms with Crippen LogP contribution in [0.3, 0.4) is 0 Å². The van der Waals surface area contributed by atoms with Crippen molar-refractivity contribution in [2.75, 3.05) is 12.1 Å². The molecule has 0 bridgehead atoms. The van der Waals surface area contributed by atoms with Crippen molar-refractivity contribution in [1.82, 2.24) is 15.3 Å². The summed E-state index contributed by atoms with van der Waals surface area (Å²) in [6, 6.07) is 14.9. The van der Waals surface area contributed by atoms with Gasteiger partial charge < -0.3 is 20.1 Å². The molecule has 136 valence electrons. The van der Waals surface area contributed by atoms with E-state index < -0.39 is 0 Å². The summed E-state index contributed by atoms with van der Waals surface area (Å²) in [5.74, 6) is 2.02. The number of aromatic nitrogens is 2. The lowest BCUT2D eigenvalue weighted by Gasteiger charge is -2.08. The minimum atomic E-state index is -0.185. The first-order valence-electron chi connectivity index (χ1n) is 8.54.